The van der Waals surface area contributed by atoms with E-state index in [4.69, 9.17) is 14.3 Å². The quantitative estimate of drug-likeness (QED) is 0.848. The van der Waals surface area contributed by atoms with Gasteiger partial charge in [-0.1, -0.05) is 18.2 Å². The highest BCUT2D eigenvalue weighted by Crippen LogP contribution is 2.14. The number of amides is 1. The highest BCUT2D eigenvalue weighted by molar-refractivity contribution is 5.88. The fraction of sp³-hybridized carbons (Fsp3) is 0.200. The molecule has 1 aromatic carbocycles. The van der Waals surface area contributed by atoms with Crippen LogP contribution in [0, 0.1) is 6.92 Å². The van der Waals surface area contributed by atoms with Crippen LogP contribution in [-0.4, -0.2) is 23.6 Å². The van der Waals surface area contributed by atoms with Gasteiger partial charge in [0, 0.05) is 0 Å². The molecule has 1 amide bonds. The number of carboxylic acid groups (broad SMARTS) is 1. The molecule has 21 heavy (non-hydrogen) atoms. The van der Waals surface area contributed by atoms with Gasteiger partial charge >= 0.3 is 5.97 Å². The van der Waals surface area contributed by atoms with Gasteiger partial charge in [0.05, 0.1) is 6.54 Å². The number of carbonyl (C=O) groups is 2. The molecule has 6 nitrogen and oxygen atoms in total. The number of carboxylic acids is 1. The molecule has 0 aliphatic rings. The second kappa shape index (κ2) is 6.60. The Morgan fingerprint density at radius 2 is 2.00 bits per heavy atom. The fourth-order valence-corrected chi connectivity index (χ4v) is 1.75. The van der Waals surface area contributed by atoms with Crippen molar-refractivity contribution < 1.29 is 23.8 Å². The summed E-state index contributed by atoms with van der Waals surface area (Å²) in [5.74, 6) is -0.0640. The van der Waals surface area contributed by atoms with Gasteiger partial charge in [-0.05, 0) is 25.1 Å². The van der Waals surface area contributed by atoms with E-state index in [1.54, 1.807) is 19.1 Å². The summed E-state index contributed by atoms with van der Waals surface area (Å²) in [6.45, 7) is 1.56. The predicted molar refractivity (Wildman–Crippen MR) is 74.2 cm³/mol. The zero-order valence-corrected chi connectivity index (χ0v) is 11.5. The molecule has 0 saturated carbocycles. The van der Waals surface area contributed by atoms with E-state index >= 15 is 0 Å². The molecule has 0 aliphatic carbocycles. The molecule has 110 valence electrons. The summed E-state index contributed by atoms with van der Waals surface area (Å²) in [5, 5.41) is 11.5. The van der Waals surface area contributed by atoms with Crippen LogP contribution < -0.4 is 10.1 Å². The molecule has 0 spiro atoms. The molecule has 2 N–H and O–H groups in total. The van der Waals surface area contributed by atoms with Crippen molar-refractivity contribution in [3.05, 3.63) is 53.5 Å². The molecule has 0 radical (unpaired) electrons. The Kier molecular flexibility index (Phi) is 4.61. The number of aryl methyl sites for hydroxylation is 1. The lowest BCUT2D eigenvalue weighted by Gasteiger charge is -2.06. The van der Waals surface area contributed by atoms with Crippen molar-refractivity contribution in [2.24, 2.45) is 0 Å². The summed E-state index contributed by atoms with van der Waals surface area (Å²) >= 11 is 0. The van der Waals surface area contributed by atoms with Crippen LogP contribution >= 0.6 is 0 Å². The van der Waals surface area contributed by atoms with Crippen LogP contribution in [0.15, 0.2) is 40.8 Å². The van der Waals surface area contributed by atoms with Crippen LogP contribution in [-0.2, 0) is 11.3 Å². The van der Waals surface area contributed by atoms with Crippen molar-refractivity contribution >= 4 is 11.9 Å². The molecular weight excluding hydrogens is 274 g/mol. The number of benzene rings is 1. The van der Waals surface area contributed by atoms with Crippen molar-refractivity contribution in [3.63, 3.8) is 0 Å². The largest absolute Gasteiger partial charge is 0.484 e. The lowest BCUT2D eigenvalue weighted by molar-refractivity contribution is -0.123. The van der Waals surface area contributed by atoms with E-state index in [0.717, 1.165) is 0 Å². The Morgan fingerprint density at radius 1 is 1.29 bits per heavy atom. The van der Waals surface area contributed by atoms with E-state index in [1.807, 2.05) is 18.2 Å². The molecule has 0 saturated heterocycles. The number of carbonyl (C=O) groups excluding carboxylic acids is 1. The first-order chi connectivity index (χ1) is 10.1. The van der Waals surface area contributed by atoms with Gasteiger partial charge in [-0.25, -0.2) is 4.79 Å². The normalized spacial score (nSPS) is 10.1. The van der Waals surface area contributed by atoms with Gasteiger partial charge in [0.15, 0.2) is 6.61 Å². The molecule has 0 aliphatic heterocycles. The molecule has 2 aromatic rings. The van der Waals surface area contributed by atoms with Crippen molar-refractivity contribution in [2.45, 2.75) is 13.5 Å². The van der Waals surface area contributed by atoms with Gasteiger partial charge in [-0.15, -0.1) is 0 Å². The Labute approximate surface area is 121 Å². The summed E-state index contributed by atoms with van der Waals surface area (Å²) in [6.07, 6.45) is 0. The van der Waals surface area contributed by atoms with E-state index in [2.05, 4.69) is 5.32 Å². The predicted octanol–water partition coefficient (Wildman–Crippen LogP) is 1.98. The molecule has 1 aromatic heterocycles. The third-order valence-electron chi connectivity index (χ3n) is 2.77. The van der Waals surface area contributed by atoms with Crippen LogP contribution in [0.4, 0.5) is 0 Å². The maximum absolute atomic E-state index is 11.6. The van der Waals surface area contributed by atoms with Crippen molar-refractivity contribution in [1.29, 1.82) is 0 Å². The molecule has 2 rings (SSSR count). The third kappa shape index (κ3) is 4.10. The minimum absolute atomic E-state index is 0.0970. The Hall–Kier alpha value is -2.76. The first-order valence-corrected chi connectivity index (χ1v) is 6.33. The summed E-state index contributed by atoms with van der Waals surface area (Å²) in [6, 6.07) is 10.4. The SMILES string of the molecule is Cc1oc(CNC(=O)COc2ccccc2)cc1C(=O)O. The summed E-state index contributed by atoms with van der Waals surface area (Å²) in [4.78, 5) is 22.5. The lowest BCUT2D eigenvalue weighted by Crippen LogP contribution is -2.28. The zero-order valence-electron chi connectivity index (χ0n) is 11.5. The maximum Gasteiger partial charge on any atom is 0.339 e. The Morgan fingerprint density at radius 3 is 2.62 bits per heavy atom. The number of para-hydroxylation sites is 1. The minimum atomic E-state index is -1.05. The van der Waals surface area contributed by atoms with Gasteiger partial charge in [0.1, 0.15) is 22.8 Å². The van der Waals surface area contributed by atoms with E-state index in [-0.39, 0.29) is 24.6 Å². The van der Waals surface area contributed by atoms with Crippen LogP contribution in [0.3, 0.4) is 0 Å². The Bertz CT molecular complexity index is 633. The topological polar surface area (TPSA) is 88.8 Å². The maximum atomic E-state index is 11.6. The highest BCUT2D eigenvalue weighted by Gasteiger charge is 2.14. The number of nitrogens with one attached hydrogen (secondary N) is 1. The van der Waals surface area contributed by atoms with Crippen LogP contribution in [0.5, 0.6) is 5.75 Å². The number of furan rings is 1. The van der Waals surface area contributed by atoms with Gasteiger partial charge in [-0.3, -0.25) is 4.79 Å². The van der Waals surface area contributed by atoms with E-state index < -0.39 is 5.97 Å². The molecule has 1 heterocycles. The third-order valence-corrected chi connectivity index (χ3v) is 2.77. The summed E-state index contributed by atoms with van der Waals surface area (Å²) in [5.41, 5.74) is 0.0970. The van der Waals surface area contributed by atoms with E-state index in [9.17, 15) is 9.59 Å². The lowest BCUT2D eigenvalue weighted by atomic mass is 10.2. The monoisotopic (exact) mass is 289 g/mol. The molecule has 0 unspecified atom stereocenters. The second-order valence-electron chi connectivity index (χ2n) is 4.37. The van der Waals surface area contributed by atoms with Gasteiger partial charge in [0.2, 0.25) is 0 Å². The van der Waals surface area contributed by atoms with Gasteiger partial charge in [-0.2, -0.15) is 0 Å². The van der Waals surface area contributed by atoms with Crippen LogP contribution in [0.1, 0.15) is 21.9 Å². The molecule has 0 fully saturated rings. The zero-order chi connectivity index (χ0) is 15.2. The smallest absolute Gasteiger partial charge is 0.339 e. The minimum Gasteiger partial charge on any atom is -0.484 e. The average molecular weight is 289 g/mol. The second-order valence-corrected chi connectivity index (χ2v) is 4.37. The number of rotatable bonds is 6. The molecule has 0 atom stereocenters. The first-order valence-electron chi connectivity index (χ1n) is 6.33. The molecule has 6 heteroatoms. The number of ether oxygens (including phenoxy) is 1. The number of aromatic carboxylic acids is 1. The number of hydrogen-bond acceptors (Lipinski definition) is 4. The van der Waals surface area contributed by atoms with E-state index in [1.165, 1.54) is 6.07 Å². The molecular formula is C15H15NO5. The number of hydrogen-bond donors (Lipinski definition) is 2. The summed E-state index contributed by atoms with van der Waals surface area (Å²) < 4.78 is 10.5. The fourth-order valence-electron chi connectivity index (χ4n) is 1.75. The van der Waals surface area contributed by atoms with Crippen molar-refractivity contribution in [1.82, 2.24) is 5.32 Å². The van der Waals surface area contributed by atoms with E-state index in [0.29, 0.717) is 17.3 Å². The van der Waals surface area contributed by atoms with Crippen molar-refractivity contribution in [2.75, 3.05) is 6.61 Å². The van der Waals surface area contributed by atoms with Crippen molar-refractivity contribution in [3.8, 4) is 5.75 Å². The van der Waals surface area contributed by atoms with Crippen LogP contribution in [0.25, 0.3) is 0 Å². The first kappa shape index (κ1) is 14.6. The van der Waals surface area contributed by atoms with Crippen LogP contribution in [0.2, 0.25) is 0 Å². The van der Waals surface area contributed by atoms with Gasteiger partial charge in [0.25, 0.3) is 5.91 Å². The standard InChI is InChI=1S/C15H15NO5/c1-10-13(15(18)19)7-12(21-10)8-16-14(17)9-20-11-5-3-2-4-6-11/h2-7H,8-9H2,1H3,(H,16,17)(H,18,19). The summed E-state index contributed by atoms with van der Waals surface area (Å²) in [7, 11) is 0. The Balaban J connectivity index is 1.81. The van der Waals surface area contributed by atoms with Gasteiger partial charge < -0.3 is 19.6 Å². The highest BCUT2D eigenvalue weighted by atomic mass is 16.5. The molecule has 0 bridgehead atoms. The average Bonchev–Trinajstić information content (AvgIpc) is 2.85.